The number of aryl methyl sites for hydroxylation is 1. The van der Waals surface area contributed by atoms with E-state index in [1.54, 1.807) is 32.0 Å². The summed E-state index contributed by atoms with van der Waals surface area (Å²) in [5.41, 5.74) is 6.56. The molecule has 0 amide bonds. The second kappa shape index (κ2) is 6.01. The van der Waals surface area contributed by atoms with Crippen LogP contribution in [0.15, 0.2) is 36.4 Å². The summed E-state index contributed by atoms with van der Waals surface area (Å²) in [5, 5.41) is 0. The van der Waals surface area contributed by atoms with Gasteiger partial charge in [0.05, 0.1) is 0 Å². The Morgan fingerprint density at radius 1 is 1.10 bits per heavy atom. The van der Waals surface area contributed by atoms with Gasteiger partial charge in [0.2, 0.25) is 0 Å². The summed E-state index contributed by atoms with van der Waals surface area (Å²) >= 11 is 0. The Balaban J connectivity index is 2.38. The highest BCUT2D eigenvalue weighted by atomic mass is 19.1. The van der Waals surface area contributed by atoms with E-state index in [4.69, 9.17) is 10.5 Å². The molecule has 2 rings (SSSR count). The first-order chi connectivity index (χ1) is 9.49. The first-order valence-electron chi connectivity index (χ1n) is 6.45. The maximum absolute atomic E-state index is 13.9. The van der Waals surface area contributed by atoms with E-state index in [9.17, 15) is 8.78 Å². The Hall–Kier alpha value is -1.94. The van der Waals surface area contributed by atoms with Crippen molar-refractivity contribution < 1.29 is 13.5 Å². The van der Waals surface area contributed by atoms with Crippen molar-refractivity contribution in [3.05, 3.63) is 59.2 Å². The van der Waals surface area contributed by atoms with Crippen LogP contribution in [0.4, 0.5) is 8.78 Å². The summed E-state index contributed by atoms with van der Waals surface area (Å²) in [6.07, 6.45) is 0.329. The lowest BCUT2D eigenvalue weighted by Crippen LogP contribution is -2.19. The van der Waals surface area contributed by atoms with Gasteiger partial charge in [-0.3, -0.25) is 0 Å². The van der Waals surface area contributed by atoms with Crippen molar-refractivity contribution in [2.45, 2.75) is 26.3 Å². The number of nitrogens with two attached hydrogens (primary N) is 1. The smallest absolute Gasteiger partial charge is 0.168 e. The van der Waals surface area contributed by atoms with Crippen molar-refractivity contribution in [2.75, 3.05) is 0 Å². The van der Waals surface area contributed by atoms with Crippen LogP contribution < -0.4 is 10.5 Å². The third-order valence-electron chi connectivity index (χ3n) is 2.98. The van der Waals surface area contributed by atoms with Gasteiger partial charge in [0.1, 0.15) is 11.6 Å². The van der Waals surface area contributed by atoms with Gasteiger partial charge in [0, 0.05) is 11.6 Å². The molecule has 0 heterocycles. The van der Waals surface area contributed by atoms with Crippen LogP contribution in [0.25, 0.3) is 0 Å². The highest BCUT2D eigenvalue weighted by molar-refractivity contribution is 5.40. The minimum atomic E-state index is -0.441. The van der Waals surface area contributed by atoms with Gasteiger partial charge < -0.3 is 10.5 Å². The van der Waals surface area contributed by atoms with Gasteiger partial charge >= 0.3 is 0 Å². The van der Waals surface area contributed by atoms with Crippen molar-refractivity contribution >= 4 is 0 Å². The summed E-state index contributed by atoms with van der Waals surface area (Å²) in [5.74, 6) is -0.454. The number of benzene rings is 2. The summed E-state index contributed by atoms with van der Waals surface area (Å²) in [6, 6.07) is 9.14. The number of ether oxygens (including phenoxy) is 1. The van der Waals surface area contributed by atoms with Crippen LogP contribution in [0.2, 0.25) is 0 Å². The van der Waals surface area contributed by atoms with Gasteiger partial charge in [-0.25, -0.2) is 8.78 Å². The normalized spacial score (nSPS) is 12.2. The number of hydrogen-bond donors (Lipinski definition) is 1. The van der Waals surface area contributed by atoms with Crippen LogP contribution in [-0.4, -0.2) is 6.04 Å². The van der Waals surface area contributed by atoms with Crippen molar-refractivity contribution in [1.82, 2.24) is 0 Å². The molecule has 106 valence electrons. The third-order valence-corrected chi connectivity index (χ3v) is 2.98. The second-order valence-corrected chi connectivity index (χ2v) is 4.89. The SMILES string of the molecule is Cc1cccc(Oc2cccc(F)c2CC(C)N)c1F. The first-order valence-corrected chi connectivity index (χ1v) is 6.45. The fourth-order valence-corrected chi connectivity index (χ4v) is 1.97. The molecule has 0 aliphatic heterocycles. The van der Waals surface area contributed by atoms with Crippen LogP contribution in [0.5, 0.6) is 11.5 Å². The zero-order valence-corrected chi connectivity index (χ0v) is 11.5. The Kier molecular flexibility index (Phi) is 4.35. The van der Waals surface area contributed by atoms with E-state index in [-0.39, 0.29) is 11.8 Å². The molecule has 0 spiro atoms. The first kappa shape index (κ1) is 14.5. The van der Waals surface area contributed by atoms with E-state index in [1.165, 1.54) is 18.2 Å². The Morgan fingerprint density at radius 2 is 1.75 bits per heavy atom. The van der Waals surface area contributed by atoms with Crippen LogP contribution in [0, 0.1) is 18.6 Å². The molecule has 4 heteroatoms. The maximum Gasteiger partial charge on any atom is 0.168 e. The molecule has 0 aliphatic carbocycles. The Labute approximate surface area is 117 Å². The van der Waals surface area contributed by atoms with Gasteiger partial charge in [0.15, 0.2) is 11.6 Å². The molecule has 1 unspecified atom stereocenters. The van der Waals surface area contributed by atoms with Crippen molar-refractivity contribution in [3.8, 4) is 11.5 Å². The topological polar surface area (TPSA) is 35.2 Å². The number of hydrogen-bond acceptors (Lipinski definition) is 2. The lowest BCUT2D eigenvalue weighted by Gasteiger charge is -2.14. The van der Waals surface area contributed by atoms with Gasteiger partial charge in [-0.2, -0.15) is 0 Å². The molecule has 0 saturated heterocycles. The van der Waals surface area contributed by atoms with E-state index >= 15 is 0 Å². The van der Waals surface area contributed by atoms with Crippen molar-refractivity contribution in [2.24, 2.45) is 5.73 Å². The highest BCUT2D eigenvalue weighted by Gasteiger charge is 2.14. The van der Waals surface area contributed by atoms with Crippen LogP contribution in [0.1, 0.15) is 18.1 Å². The second-order valence-electron chi connectivity index (χ2n) is 4.89. The lowest BCUT2D eigenvalue weighted by atomic mass is 10.1. The van der Waals surface area contributed by atoms with Crippen molar-refractivity contribution in [3.63, 3.8) is 0 Å². The van der Waals surface area contributed by atoms with Gasteiger partial charge in [-0.05, 0) is 44.0 Å². The molecule has 0 saturated carbocycles. The van der Waals surface area contributed by atoms with E-state index in [2.05, 4.69) is 0 Å². The molecule has 2 aromatic carbocycles. The highest BCUT2D eigenvalue weighted by Crippen LogP contribution is 2.30. The zero-order valence-electron chi connectivity index (χ0n) is 11.5. The molecule has 20 heavy (non-hydrogen) atoms. The standard InChI is InChI=1S/C16H17F2NO/c1-10-5-3-8-15(16(10)18)20-14-7-4-6-13(17)12(14)9-11(2)19/h3-8,11H,9,19H2,1-2H3. The summed E-state index contributed by atoms with van der Waals surface area (Å²) < 4.78 is 33.3. The van der Waals surface area contributed by atoms with E-state index < -0.39 is 11.6 Å². The molecule has 1 atom stereocenters. The average molecular weight is 277 g/mol. The van der Waals surface area contributed by atoms with Crippen LogP contribution >= 0.6 is 0 Å². The lowest BCUT2D eigenvalue weighted by molar-refractivity contribution is 0.428. The molecule has 0 aromatic heterocycles. The van der Waals surface area contributed by atoms with E-state index in [1.807, 2.05) is 0 Å². The molecule has 2 nitrogen and oxygen atoms in total. The molecule has 0 aliphatic rings. The monoisotopic (exact) mass is 277 g/mol. The maximum atomic E-state index is 13.9. The predicted octanol–water partition coefficient (Wildman–Crippen LogP) is 3.96. The van der Waals surface area contributed by atoms with Gasteiger partial charge in [-0.15, -0.1) is 0 Å². The zero-order chi connectivity index (χ0) is 14.7. The average Bonchev–Trinajstić information content (AvgIpc) is 2.38. The number of halogens is 2. The van der Waals surface area contributed by atoms with Gasteiger partial charge in [0.25, 0.3) is 0 Å². The van der Waals surface area contributed by atoms with Crippen molar-refractivity contribution in [1.29, 1.82) is 0 Å². The molecule has 0 fully saturated rings. The Bertz CT molecular complexity index is 611. The number of rotatable bonds is 4. The quantitative estimate of drug-likeness (QED) is 0.918. The minimum absolute atomic E-state index is 0.0847. The largest absolute Gasteiger partial charge is 0.454 e. The molecular formula is C16H17F2NO. The summed E-state index contributed by atoms with van der Waals surface area (Å²) in [4.78, 5) is 0. The van der Waals surface area contributed by atoms with Gasteiger partial charge in [-0.1, -0.05) is 18.2 Å². The summed E-state index contributed by atoms with van der Waals surface area (Å²) in [6.45, 7) is 3.43. The Morgan fingerprint density at radius 3 is 2.45 bits per heavy atom. The molecular weight excluding hydrogens is 260 g/mol. The molecule has 0 radical (unpaired) electrons. The fourth-order valence-electron chi connectivity index (χ4n) is 1.97. The molecule has 2 N–H and O–H groups in total. The molecule has 0 bridgehead atoms. The predicted molar refractivity (Wildman–Crippen MR) is 75.0 cm³/mol. The third kappa shape index (κ3) is 3.14. The van der Waals surface area contributed by atoms with E-state index in [0.29, 0.717) is 23.3 Å². The minimum Gasteiger partial charge on any atom is -0.454 e. The fraction of sp³-hybridized carbons (Fsp3) is 0.250. The molecule has 2 aromatic rings. The summed E-state index contributed by atoms with van der Waals surface area (Å²) in [7, 11) is 0. The van der Waals surface area contributed by atoms with Crippen LogP contribution in [-0.2, 0) is 6.42 Å². The van der Waals surface area contributed by atoms with E-state index in [0.717, 1.165) is 0 Å². The van der Waals surface area contributed by atoms with Crippen LogP contribution in [0.3, 0.4) is 0 Å².